The average Bonchev–Trinajstić information content (AvgIpc) is 3.06. The lowest BCUT2D eigenvalue weighted by atomic mass is 10.2. The molecule has 0 bridgehead atoms. The van der Waals surface area contributed by atoms with Crippen LogP contribution in [-0.2, 0) is 11.8 Å². The van der Waals surface area contributed by atoms with Crippen molar-refractivity contribution in [3.63, 3.8) is 0 Å². The summed E-state index contributed by atoms with van der Waals surface area (Å²) in [5.41, 5.74) is 0.641. The van der Waals surface area contributed by atoms with Crippen molar-refractivity contribution in [3.8, 4) is 0 Å². The van der Waals surface area contributed by atoms with Crippen LogP contribution in [0.3, 0.4) is 0 Å². The summed E-state index contributed by atoms with van der Waals surface area (Å²) in [7, 11) is 3.50. The van der Waals surface area contributed by atoms with Crippen molar-refractivity contribution in [1.82, 2.24) is 24.1 Å². The molecule has 0 aliphatic rings. The number of aromatic nitrogens is 4. The van der Waals surface area contributed by atoms with Gasteiger partial charge in [-0.15, -0.1) is 10.2 Å². The third-order valence-corrected chi connectivity index (χ3v) is 5.11. The Kier molecular flexibility index (Phi) is 5.08. The van der Waals surface area contributed by atoms with Gasteiger partial charge in [0.15, 0.2) is 5.16 Å². The van der Waals surface area contributed by atoms with Crippen LogP contribution in [0, 0.1) is 0 Å². The molecule has 0 aliphatic heterocycles. The minimum atomic E-state index is -0.109. The molecule has 132 valence electrons. The van der Waals surface area contributed by atoms with Gasteiger partial charge in [0.05, 0.1) is 16.7 Å². The summed E-state index contributed by atoms with van der Waals surface area (Å²) in [6, 6.07) is 7.36. The molecule has 0 fully saturated rings. The molecule has 0 spiro atoms. The second-order valence-electron chi connectivity index (χ2n) is 5.96. The summed E-state index contributed by atoms with van der Waals surface area (Å²) in [5, 5.41) is 9.53. The minimum absolute atomic E-state index is 0.0596. The fourth-order valence-electron chi connectivity index (χ4n) is 2.66. The van der Waals surface area contributed by atoms with Crippen LogP contribution in [-0.4, -0.2) is 49.3 Å². The van der Waals surface area contributed by atoms with Gasteiger partial charge in [-0.3, -0.25) is 18.6 Å². The first-order chi connectivity index (χ1) is 12.0. The van der Waals surface area contributed by atoms with Gasteiger partial charge < -0.3 is 4.90 Å². The maximum absolute atomic E-state index is 12.4. The molecule has 3 aromatic rings. The zero-order valence-electron chi connectivity index (χ0n) is 14.6. The second kappa shape index (κ2) is 7.26. The quantitative estimate of drug-likeness (QED) is 0.629. The lowest BCUT2D eigenvalue weighted by Crippen LogP contribution is -2.29. The number of rotatable bonds is 6. The first-order valence-electron chi connectivity index (χ1n) is 8.24. The van der Waals surface area contributed by atoms with Gasteiger partial charge in [-0.2, -0.15) is 0 Å². The van der Waals surface area contributed by atoms with Gasteiger partial charge >= 0.3 is 0 Å². The largest absolute Gasteiger partial charge is 0.345 e. The van der Waals surface area contributed by atoms with Gasteiger partial charge in [-0.1, -0.05) is 37.2 Å². The standard InChI is InChI=1S/C17H21N5O2S/c1-4-5-10-20(2)14(23)11-25-17-19-18-16-21(3)15(24)12-8-6-7-9-13(12)22(16)17/h6-9H,4-5,10-11H2,1-3H3. The molecule has 0 atom stereocenters. The number of thioether (sulfide) groups is 1. The molecule has 2 heterocycles. The summed E-state index contributed by atoms with van der Waals surface area (Å²) in [4.78, 5) is 26.4. The summed E-state index contributed by atoms with van der Waals surface area (Å²) in [6.45, 7) is 2.86. The van der Waals surface area contributed by atoms with Crippen molar-refractivity contribution in [2.45, 2.75) is 24.9 Å². The molecule has 7 nitrogen and oxygen atoms in total. The minimum Gasteiger partial charge on any atom is -0.345 e. The van der Waals surface area contributed by atoms with Crippen LogP contribution in [0.5, 0.6) is 0 Å². The van der Waals surface area contributed by atoms with Crippen LogP contribution in [0.25, 0.3) is 16.7 Å². The van der Waals surface area contributed by atoms with Crippen molar-refractivity contribution in [2.24, 2.45) is 7.05 Å². The van der Waals surface area contributed by atoms with E-state index in [2.05, 4.69) is 17.1 Å². The molecule has 2 aromatic heterocycles. The molecule has 0 unspecified atom stereocenters. The molecule has 3 rings (SSSR count). The van der Waals surface area contributed by atoms with Crippen molar-refractivity contribution in [3.05, 3.63) is 34.6 Å². The molecule has 25 heavy (non-hydrogen) atoms. The Morgan fingerprint density at radius 2 is 2.04 bits per heavy atom. The topological polar surface area (TPSA) is 72.5 Å². The van der Waals surface area contributed by atoms with Crippen LogP contribution in [0.2, 0.25) is 0 Å². The fourth-order valence-corrected chi connectivity index (χ4v) is 3.54. The molecular weight excluding hydrogens is 338 g/mol. The van der Waals surface area contributed by atoms with E-state index in [4.69, 9.17) is 0 Å². The normalized spacial score (nSPS) is 11.3. The number of carbonyl (C=O) groups is 1. The number of hydrogen-bond donors (Lipinski definition) is 0. The van der Waals surface area contributed by atoms with Crippen molar-refractivity contribution < 1.29 is 4.79 Å². The van der Waals surface area contributed by atoms with E-state index >= 15 is 0 Å². The molecule has 1 aromatic carbocycles. The molecule has 1 amide bonds. The second-order valence-corrected chi connectivity index (χ2v) is 6.90. The van der Waals surface area contributed by atoms with Crippen molar-refractivity contribution in [2.75, 3.05) is 19.3 Å². The Hall–Kier alpha value is -2.35. The van der Waals surface area contributed by atoms with Crippen LogP contribution >= 0.6 is 11.8 Å². The highest BCUT2D eigenvalue weighted by molar-refractivity contribution is 7.99. The Morgan fingerprint density at radius 1 is 1.28 bits per heavy atom. The third kappa shape index (κ3) is 3.26. The smallest absolute Gasteiger partial charge is 0.262 e. The van der Waals surface area contributed by atoms with Crippen LogP contribution in [0.15, 0.2) is 34.2 Å². The summed E-state index contributed by atoms with van der Waals surface area (Å²) >= 11 is 1.34. The van der Waals surface area contributed by atoms with E-state index in [9.17, 15) is 9.59 Å². The number of benzene rings is 1. The fraction of sp³-hybridized carbons (Fsp3) is 0.412. The molecule has 0 N–H and O–H groups in total. The maximum Gasteiger partial charge on any atom is 0.262 e. The van der Waals surface area contributed by atoms with Crippen LogP contribution in [0.1, 0.15) is 19.8 Å². The zero-order valence-corrected chi connectivity index (χ0v) is 15.4. The van der Waals surface area contributed by atoms with E-state index in [0.717, 1.165) is 24.9 Å². The number of aryl methyl sites for hydroxylation is 1. The first kappa shape index (κ1) is 17.5. The van der Waals surface area contributed by atoms with E-state index in [1.54, 1.807) is 18.0 Å². The van der Waals surface area contributed by atoms with E-state index < -0.39 is 0 Å². The predicted octanol–water partition coefficient (Wildman–Crippen LogP) is 1.93. The predicted molar refractivity (Wildman–Crippen MR) is 99.0 cm³/mol. The SMILES string of the molecule is CCCCN(C)C(=O)CSc1nnc2n(C)c(=O)c3ccccc3n12. The molecule has 0 saturated carbocycles. The van der Waals surface area contributed by atoms with E-state index in [-0.39, 0.29) is 17.2 Å². The summed E-state index contributed by atoms with van der Waals surface area (Å²) in [6.07, 6.45) is 2.05. The number of fused-ring (bicyclic) bond motifs is 3. The highest BCUT2D eigenvalue weighted by atomic mass is 32.2. The van der Waals surface area contributed by atoms with Crippen LogP contribution in [0.4, 0.5) is 0 Å². The van der Waals surface area contributed by atoms with Crippen molar-refractivity contribution in [1.29, 1.82) is 0 Å². The zero-order chi connectivity index (χ0) is 18.0. The van der Waals surface area contributed by atoms with Crippen LogP contribution < -0.4 is 5.56 Å². The lowest BCUT2D eigenvalue weighted by Gasteiger charge is -2.16. The number of carbonyl (C=O) groups excluding carboxylic acids is 1. The number of amides is 1. The van der Waals surface area contributed by atoms with Gasteiger partial charge in [0.2, 0.25) is 11.7 Å². The van der Waals surface area contributed by atoms with Gasteiger partial charge in [0, 0.05) is 20.6 Å². The van der Waals surface area contributed by atoms with Gasteiger partial charge in [0.25, 0.3) is 5.56 Å². The lowest BCUT2D eigenvalue weighted by molar-refractivity contribution is -0.127. The first-order valence-corrected chi connectivity index (χ1v) is 9.22. The Labute approximate surface area is 149 Å². The summed E-state index contributed by atoms with van der Waals surface area (Å²) in [5.74, 6) is 0.820. The Bertz CT molecular complexity index is 978. The molecule has 0 radical (unpaired) electrons. The highest BCUT2D eigenvalue weighted by Crippen LogP contribution is 2.21. The molecule has 0 aliphatic carbocycles. The molecule has 8 heteroatoms. The van der Waals surface area contributed by atoms with Crippen molar-refractivity contribution >= 4 is 34.3 Å². The molecular formula is C17H21N5O2S. The third-order valence-electron chi connectivity index (χ3n) is 4.19. The van der Waals surface area contributed by atoms with Gasteiger partial charge in [-0.25, -0.2) is 0 Å². The maximum atomic E-state index is 12.4. The van der Waals surface area contributed by atoms with E-state index in [1.807, 2.05) is 29.6 Å². The Morgan fingerprint density at radius 3 is 2.80 bits per heavy atom. The number of hydrogen-bond acceptors (Lipinski definition) is 5. The average molecular weight is 359 g/mol. The van der Waals surface area contributed by atoms with Gasteiger partial charge in [-0.05, 0) is 18.6 Å². The van der Waals surface area contributed by atoms with E-state index in [0.29, 0.717) is 16.3 Å². The number of para-hydroxylation sites is 1. The van der Waals surface area contributed by atoms with Gasteiger partial charge in [0.1, 0.15) is 0 Å². The summed E-state index contributed by atoms with van der Waals surface area (Å²) < 4.78 is 3.31. The van der Waals surface area contributed by atoms with E-state index in [1.165, 1.54) is 16.3 Å². The highest BCUT2D eigenvalue weighted by Gasteiger charge is 2.16. The molecule has 0 saturated heterocycles. The monoisotopic (exact) mass is 359 g/mol. The number of unbranched alkanes of at least 4 members (excludes halogenated alkanes) is 1. The Balaban J connectivity index is 1.93. The number of nitrogens with zero attached hydrogens (tertiary/aromatic N) is 5.